The van der Waals surface area contributed by atoms with Crippen LogP contribution in [0.3, 0.4) is 0 Å². The first-order valence-corrected chi connectivity index (χ1v) is 7.34. The average Bonchev–Trinajstić information content (AvgIpc) is 2.94. The highest BCUT2D eigenvalue weighted by Gasteiger charge is 2.12. The number of pyridine rings is 1. The zero-order valence-electron chi connectivity index (χ0n) is 11.7. The first kappa shape index (κ1) is 13.5. The summed E-state index contributed by atoms with van der Waals surface area (Å²) < 4.78 is 1.05. The molecule has 3 aromatic rings. The summed E-state index contributed by atoms with van der Waals surface area (Å²) in [6, 6.07) is 7.52. The molecule has 0 bridgehead atoms. The lowest BCUT2D eigenvalue weighted by Crippen LogP contribution is -2.14. The molecule has 6 heteroatoms. The van der Waals surface area contributed by atoms with Crippen LogP contribution in [-0.2, 0) is 0 Å². The quantitative estimate of drug-likeness (QED) is 0.778. The number of aromatic nitrogens is 2. The van der Waals surface area contributed by atoms with Gasteiger partial charge in [0.1, 0.15) is 0 Å². The smallest absolute Gasteiger partial charge is 0.259 e. The first-order valence-electron chi connectivity index (χ1n) is 6.46. The van der Waals surface area contributed by atoms with E-state index in [1.807, 2.05) is 31.2 Å². The summed E-state index contributed by atoms with van der Waals surface area (Å²) in [5.41, 5.74) is 5.62. The summed E-state index contributed by atoms with van der Waals surface area (Å²) >= 11 is 1.55. The molecule has 0 radical (unpaired) electrons. The third-order valence-corrected chi connectivity index (χ3v) is 3.94. The first-order chi connectivity index (χ1) is 10.2. The van der Waals surface area contributed by atoms with E-state index >= 15 is 0 Å². The van der Waals surface area contributed by atoms with Crippen LogP contribution in [0, 0.1) is 6.92 Å². The standard InChI is InChI=1S/C15H14N4OS/c1-9-5-13(16-2)11(7-17-9)15(20)19-10-3-4-12-14(6-10)21-8-18-12/h3-8H,1-2H3,(H,16,17)(H,19,20). The number of thiazole rings is 1. The van der Waals surface area contributed by atoms with Gasteiger partial charge in [0.25, 0.3) is 5.91 Å². The fraction of sp³-hybridized carbons (Fsp3) is 0.133. The Labute approximate surface area is 126 Å². The van der Waals surface area contributed by atoms with Crippen molar-refractivity contribution in [2.75, 3.05) is 17.7 Å². The molecule has 0 aliphatic carbocycles. The lowest BCUT2D eigenvalue weighted by atomic mass is 10.2. The lowest BCUT2D eigenvalue weighted by Gasteiger charge is -2.10. The van der Waals surface area contributed by atoms with Crippen molar-refractivity contribution in [3.05, 3.63) is 47.2 Å². The minimum absolute atomic E-state index is 0.185. The summed E-state index contributed by atoms with van der Waals surface area (Å²) in [6.07, 6.45) is 1.59. The second kappa shape index (κ2) is 5.49. The van der Waals surface area contributed by atoms with Crippen LogP contribution in [0.15, 0.2) is 36.0 Å². The summed E-state index contributed by atoms with van der Waals surface area (Å²) in [6.45, 7) is 1.89. The minimum Gasteiger partial charge on any atom is -0.387 e. The number of benzene rings is 1. The molecule has 5 nitrogen and oxygen atoms in total. The number of hydrogen-bond acceptors (Lipinski definition) is 5. The van der Waals surface area contributed by atoms with Crippen LogP contribution < -0.4 is 10.6 Å². The van der Waals surface area contributed by atoms with Crippen molar-refractivity contribution in [3.63, 3.8) is 0 Å². The van der Waals surface area contributed by atoms with Crippen molar-refractivity contribution in [3.8, 4) is 0 Å². The van der Waals surface area contributed by atoms with Crippen LogP contribution in [-0.4, -0.2) is 22.9 Å². The molecule has 0 fully saturated rings. The summed E-state index contributed by atoms with van der Waals surface area (Å²) in [7, 11) is 1.79. The Morgan fingerprint density at radius 2 is 2.10 bits per heavy atom. The molecule has 3 rings (SSSR count). The Morgan fingerprint density at radius 3 is 2.90 bits per heavy atom. The van der Waals surface area contributed by atoms with Gasteiger partial charge in [-0.05, 0) is 31.2 Å². The fourth-order valence-corrected chi connectivity index (χ4v) is 2.80. The van der Waals surface area contributed by atoms with E-state index in [-0.39, 0.29) is 5.91 Å². The highest BCUT2D eigenvalue weighted by molar-refractivity contribution is 7.16. The predicted molar refractivity (Wildman–Crippen MR) is 86.1 cm³/mol. The topological polar surface area (TPSA) is 66.9 Å². The van der Waals surface area contributed by atoms with Gasteiger partial charge < -0.3 is 10.6 Å². The molecular weight excluding hydrogens is 284 g/mol. The number of fused-ring (bicyclic) bond motifs is 1. The van der Waals surface area contributed by atoms with E-state index < -0.39 is 0 Å². The highest BCUT2D eigenvalue weighted by atomic mass is 32.1. The molecule has 1 amide bonds. The number of carbonyl (C=O) groups is 1. The molecule has 106 valence electrons. The monoisotopic (exact) mass is 298 g/mol. The normalized spacial score (nSPS) is 10.6. The van der Waals surface area contributed by atoms with E-state index in [0.717, 1.165) is 27.3 Å². The molecular formula is C15H14N4OS. The molecule has 21 heavy (non-hydrogen) atoms. The van der Waals surface area contributed by atoms with Crippen LogP contribution in [0.25, 0.3) is 10.2 Å². The van der Waals surface area contributed by atoms with Crippen molar-refractivity contribution >= 4 is 38.8 Å². The molecule has 0 aliphatic rings. The van der Waals surface area contributed by atoms with Crippen molar-refractivity contribution in [1.29, 1.82) is 0 Å². The number of amides is 1. The van der Waals surface area contributed by atoms with Crippen molar-refractivity contribution in [1.82, 2.24) is 9.97 Å². The highest BCUT2D eigenvalue weighted by Crippen LogP contribution is 2.23. The zero-order valence-corrected chi connectivity index (χ0v) is 12.5. The SMILES string of the molecule is CNc1cc(C)ncc1C(=O)Nc1ccc2ncsc2c1. The predicted octanol–water partition coefficient (Wildman–Crippen LogP) is 3.29. The molecule has 2 N–H and O–H groups in total. The van der Waals surface area contributed by atoms with Gasteiger partial charge in [0, 0.05) is 24.6 Å². The van der Waals surface area contributed by atoms with E-state index in [0.29, 0.717) is 5.56 Å². The van der Waals surface area contributed by atoms with E-state index in [4.69, 9.17) is 0 Å². The van der Waals surface area contributed by atoms with Crippen LogP contribution >= 0.6 is 11.3 Å². The van der Waals surface area contributed by atoms with E-state index in [9.17, 15) is 4.79 Å². The third kappa shape index (κ3) is 2.71. The summed E-state index contributed by atoms with van der Waals surface area (Å²) in [5, 5.41) is 5.91. The van der Waals surface area contributed by atoms with Crippen LogP contribution in [0.5, 0.6) is 0 Å². The van der Waals surface area contributed by atoms with Gasteiger partial charge in [-0.15, -0.1) is 11.3 Å². The molecule has 0 saturated heterocycles. The number of anilines is 2. The van der Waals surface area contributed by atoms with Crippen molar-refractivity contribution in [2.24, 2.45) is 0 Å². The second-order valence-corrected chi connectivity index (χ2v) is 5.50. The minimum atomic E-state index is -0.185. The zero-order chi connectivity index (χ0) is 14.8. The van der Waals surface area contributed by atoms with Gasteiger partial charge in [-0.3, -0.25) is 9.78 Å². The van der Waals surface area contributed by atoms with E-state index in [2.05, 4.69) is 20.6 Å². The number of rotatable bonds is 3. The van der Waals surface area contributed by atoms with Gasteiger partial charge in [0.05, 0.1) is 27.0 Å². The van der Waals surface area contributed by atoms with Gasteiger partial charge >= 0.3 is 0 Å². The fourth-order valence-electron chi connectivity index (χ4n) is 2.08. The van der Waals surface area contributed by atoms with Gasteiger partial charge in [0.2, 0.25) is 0 Å². The third-order valence-electron chi connectivity index (χ3n) is 3.14. The van der Waals surface area contributed by atoms with Crippen LogP contribution in [0.4, 0.5) is 11.4 Å². The molecule has 0 atom stereocenters. The van der Waals surface area contributed by atoms with E-state index in [1.54, 1.807) is 30.1 Å². The largest absolute Gasteiger partial charge is 0.387 e. The number of carbonyl (C=O) groups excluding carboxylic acids is 1. The molecule has 2 heterocycles. The molecule has 0 aliphatic heterocycles. The maximum atomic E-state index is 12.4. The van der Waals surface area contributed by atoms with Crippen molar-refractivity contribution < 1.29 is 4.79 Å². The Kier molecular flexibility index (Phi) is 3.53. The summed E-state index contributed by atoms with van der Waals surface area (Å²) in [4.78, 5) is 20.8. The average molecular weight is 298 g/mol. The Bertz CT molecular complexity index is 812. The Hall–Kier alpha value is -2.47. The lowest BCUT2D eigenvalue weighted by molar-refractivity contribution is 0.102. The van der Waals surface area contributed by atoms with Gasteiger partial charge in [-0.1, -0.05) is 0 Å². The summed E-state index contributed by atoms with van der Waals surface area (Å²) in [5.74, 6) is -0.185. The Balaban J connectivity index is 1.88. The number of hydrogen-bond donors (Lipinski definition) is 2. The van der Waals surface area contributed by atoms with Crippen LogP contribution in [0.2, 0.25) is 0 Å². The van der Waals surface area contributed by atoms with Crippen LogP contribution in [0.1, 0.15) is 16.1 Å². The molecule has 2 aromatic heterocycles. The maximum Gasteiger partial charge on any atom is 0.259 e. The molecule has 0 spiro atoms. The molecule has 0 saturated carbocycles. The van der Waals surface area contributed by atoms with Gasteiger partial charge in [0.15, 0.2) is 0 Å². The number of nitrogens with one attached hydrogen (secondary N) is 2. The maximum absolute atomic E-state index is 12.4. The second-order valence-electron chi connectivity index (χ2n) is 4.61. The molecule has 0 unspecified atom stereocenters. The Morgan fingerprint density at radius 1 is 1.24 bits per heavy atom. The van der Waals surface area contributed by atoms with Crippen molar-refractivity contribution in [2.45, 2.75) is 6.92 Å². The van der Waals surface area contributed by atoms with Gasteiger partial charge in [-0.2, -0.15) is 0 Å². The van der Waals surface area contributed by atoms with E-state index in [1.165, 1.54) is 0 Å². The number of nitrogens with zero attached hydrogens (tertiary/aromatic N) is 2. The number of aryl methyl sites for hydroxylation is 1. The van der Waals surface area contributed by atoms with Gasteiger partial charge in [-0.25, -0.2) is 4.98 Å². The molecule has 1 aromatic carbocycles.